The second-order valence-electron chi connectivity index (χ2n) is 3.81. The lowest BCUT2D eigenvalue weighted by Crippen LogP contribution is -1.98. The molecule has 0 aliphatic rings. The number of halogens is 2. The van der Waals surface area contributed by atoms with E-state index in [4.69, 9.17) is 0 Å². The zero-order valence-electron chi connectivity index (χ0n) is 9.21. The highest BCUT2D eigenvalue weighted by atomic mass is 79.9. The van der Waals surface area contributed by atoms with E-state index in [2.05, 4.69) is 31.2 Å². The van der Waals surface area contributed by atoms with E-state index in [-0.39, 0.29) is 5.82 Å². The number of rotatable bonds is 3. The van der Waals surface area contributed by atoms with Crippen molar-refractivity contribution in [2.24, 2.45) is 0 Å². The van der Waals surface area contributed by atoms with Crippen molar-refractivity contribution in [2.45, 2.75) is 6.54 Å². The molecule has 18 heavy (non-hydrogen) atoms. The summed E-state index contributed by atoms with van der Waals surface area (Å²) in [5.74, 6) is 0.389. The number of H-pyrrole nitrogens is 1. The van der Waals surface area contributed by atoms with Crippen LogP contribution in [0.1, 0.15) is 4.88 Å². The Bertz CT molecular complexity index is 692. The molecule has 0 bridgehead atoms. The third-order valence-electron chi connectivity index (χ3n) is 2.50. The van der Waals surface area contributed by atoms with Crippen molar-refractivity contribution in [1.29, 1.82) is 0 Å². The molecule has 0 aliphatic heterocycles. The number of fused-ring (bicyclic) bond motifs is 1. The van der Waals surface area contributed by atoms with Gasteiger partial charge in [0.15, 0.2) is 0 Å². The van der Waals surface area contributed by atoms with E-state index in [1.807, 2.05) is 12.1 Å². The first kappa shape index (κ1) is 11.7. The molecule has 0 atom stereocenters. The van der Waals surface area contributed by atoms with Crippen molar-refractivity contribution < 1.29 is 4.39 Å². The van der Waals surface area contributed by atoms with Crippen molar-refractivity contribution >= 4 is 44.2 Å². The number of aromatic amines is 1. The molecule has 6 heteroatoms. The van der Waals surface area contributed by atoms with Crippen LogP contribution in [0, 0.1) is 5.82 Å². The average Bonchev–Trinajstić information content (AvgIpc) is 2.92. The number of hydrogen-bond donors (Lipinski definition) is 2. The van der Waals surface area contributed by atoms with Gasteiger partial charge in [0.25, 0.3) is 0 Å². The van der Waals surface area contributed by atoms with Gasteiger partial charge in [0.1, 0.15) is 5.82 Å². The normalized spacial score (nSPS) is 11.0. The molecule has 0 saturated carbocycles. The van der Waals surface area contributed by atoms with Gasteiger partial charge in [-0.05, 0) is 46.3 Å². The number of nitrogens with one attached hydrogen (secondary N) is 2. The first-order valence-electron chi connectivity index (χ1n) is 5.34. The van der Waals surface area contributed by atoms with Crippen LogP contribution in [-0.2, 0) is 6.54 Å². The Morgan fingerprint density at radius 3 is 3.00 bits per heavy atom. The summed E-state index contributed by atoms with van der Waals surface area (Å²) in [6.45, 7) is 0.693. The van der Waals surface area contributed by atoms with Crippen LogP contribution in [-0.4, -0.2) is 9.97 Å². The predicted molar refractivity (Wildman–Crippen MR) is 75.4 cm³/mol. The second kappa shape index (κ2) is 4.70. The summed E-state index contributed by atoms with van der Waals surface area (Å²) in [5, 5.41) is 3.18. The lowest BCUT2D eigenvalue weighted by atomic mass is 10.3. The van der Waals surface area contributed by atoms with Crippen molar-refractivity contribution in [3.05, 3.63) is 44.8 Å². The molecular formula is C12H9BrFN3S. The highest BCUT2D eigenvalue weighted by Crippen LogP contribution is 2.23. The number of hydrogen-bond acceptors (Lipinski definition) is 3. The van der Waals surface area contributed by atoms with Crippen LogP contribution in [0.15, 0.2) is 34.1 Å². The first-order valence-corrected chi connectivity index (χ1v) is 6.95. The van der Waals surface area contributed by atoms with E-state index in [1.54, 1.807) is 17.4 Å². The van der Waals surface area contributed by atoms with Crippen LogP contribution in [0.25, 0.3) is 11.0 Å². The van der Waals surface area contributed by atoms with E-state index < -0.39 is 0 Å². The molecule has 0 radical (unpaired) electrons. The number of nitrogens with zero attached hydrogens (tertiary/aromatic N) is 1. The van der Waals surface area contributed by atoms with Gasteiger partial charge < -0.3 is 10.3 Å². The maximum Gasteiger partial charge on any atom is 0.201 e. The first-order chi connectivity index (χ1) is 8.70. The summed E-state index contributed by atoms with van der Waals surface area (Å²) in [7, 11) is 0. The van der Waals surface area contributed by atoms with Crippen LogP contribution >= 0.6 is 27.3 Å². The zero-order chi connectivity index (χ0) is 12.5. The van der Waals surface area contributed by atoms with Gasteiger partial charge in [-0.2, -0.15) is 0 Å². The largest absolute Gasteiger partial charge is 0.351 e. The number of thiophene rings is 1. The van der Waals surface area contributed by atoms with Gasteiger partial charge in [-0.1, -0.05) is 0 Å². The smallest absolute Gasteiger partial charge is 0.201 e. The summed E-state index contributed by atoms with van der Waals surface area (Å²) in [6, 6.07) is 8.56. The third kappa shape index (κ3) is 2.39. The molecule has 3 nitrogen and oxygen atoms in total. The van der Waals surface area contributed by atoms with Crippen molar-refractivity contribution in [2.75, 3.05) is 5.32 Å². The van der Waals surface area contributed by atoms with Crippen LogP contribution in [0.5, 0.6) is 0 Å². The van der Waals surface area contributed by atoms with Gasteiger partial charge in [-0.15, -0.1) is 11.3 Å². The SMILES string of the molecule is Fc1ccc2nc(NCc3ccc(Br)s3)[nH]c2c1. The molecule has 2 N–H and O–H groups in total. The molecule has 3 rings (SSSR count). The fourth-order valence-corrected chi connectivity index (χ4v) is 3.11. The molecule has 0 amide bonds. The maximum atomic E-state index is 13.0. The van der Waals surface area contributed by atoms with Gasteiger partial charge in [-0.25, -0.2) is 9.37 Å². The molecule has 0 unspecified atom stereocenters. The minimum absolute atomic E-state index is 0.264. The molecule has 92 valence electrons. The molecule has 0 aliphatic carbocycles. The van der Waals surface area contributed by atoms with Gasteiger partial charge in [0.2, 0.25) is 5.95 Å². The molecule has 3 aromatic rings. The summed E-state index contributed by atoms with van der Waals surface area (Å²) in [4.78, 5) is 8.58. The summed E-state index contributed by atoms with van der Waals surface area (Å²) in [6.07, 6.45) is 0. The van der Waals surface area contributed by atoms with Gasteiger partial charge in [0, 0.05) is 4.88 Å². The molecule has 2 aromatic heterocycles. The number of aromatic nitrogens is 2. The van der Waals surface area contributed by atoms with Gasteiger partial charge in [-0.3, -0.25) is 0 Å². The van der Waals surface area contributed by atoms with E-state index in [0.29, 0.717) is 18.0 Å². The lowest BCUT2D eigenvalue weighted by molar-refractivity contribution is 0.629. The van der Waals surface area contributed by atoms with Gasteiger partial charge in [0.05, 0.1) is 21.4 Å². The average molecular weight is 326 g/mol. The Hall–Kier alpha value is -1.40. The second-order valence-corrected chi connectivity index (χ2v) is 6.35. The Balaban J connectivity index is 1.78. The van der Waals surface area contributed by atoms with Crippen molar-refractivity contribution in [3.63, 3.8) is 0 Å². The summed E-state index contributed by atoms with van der Waals surface area (Å²) >= 11 is 5.09. The summed E-state index contributed by atoms with van der Waals surface area (Å²) < 4.78 is 14.1. The number of anilines is 1. The highest BCUT2D eigenvalue weighted by molar-refractivity contribution is 9.11. The molecule has 1 aromatic carbocycles. The van der Waals surface area contributed by atoms with Crippen LogP contribution < -0.4 is 5.32 Å². The third-order valence-corrected chi connectivity index (χ3v) is 4.13. The van der Waals surface area contributed by atoms with Crippen molar-refractivity contribution in [1.82, 2.24) is 9.97 Å². The van der Waals surface area contributed by atoms with E-state index in [9.17, 15) is 4.39 Å². The molecule has 0 saturated heterocycles. The Morgan fingerprint density at radius 2 is 2.22 bits per heavy atom. The quantitative estimate of drug-likeness (QED) is 0.759. The highest BCUT2D eigenvalue weighted by Gasteiger charge is 2.04. The Labute approximate surface area is 115 Å². The van der Waals surface area contributed by atoms with E-state index in [0.717, 1.165) is 9.30 Å². The molecular weight excluding hydrogens is 317 g/mol. The minimum atomic E-state index is -0.264. The molecule has 0 spiro atoms. The van der Waals surface area contributed by atoms with E-state index in [1.165, 1.54) is 17.0 Å². The van der Waals surface area contributed by atoms with Crippen LogP contribution in [0.4, 0.5) is 10.3 Å². The van der Waals surface area contributed by atoms with Gasteiger partial charge >= 0.3 is 0 Å². The molecule has 0 fully saturated rings. The maximum absolute atomic E-state index is 13.0. The monoisotopic (exact) mass is 325 g/mol. The fraction of sp³-hybridized carbons (Fsp3) is 0.0833. The topological polar surface area (TPSA) is 40.7 Å². The fourth-order valence-electron chi connectivity index (χ4n) is 1.68. The van der Waals surface area contributed by atoms with Crippen LogP contribution in [0.2, 0.25) is 0 Å². The standard InChI is InChI=1S/C12H9BrFN3S/c13-11-4-2-8(18-11)6-15-12-16-9-3-1-7(14)5-10(9)17-12/h1-5H,6H2,(H2,15,16,17). The Kier molecular flexibility index (Phi) is 3.05. The van der Waals surface area contributed by atoms with Crippen molar-refractivity contribution in [3.8, 4) is 0 Å². The minimum Gasteiger partial charge on any atom is -0.351 e. The summed E-state index contributed by atoms with van der Waals surface area (Å²) in [5.41, 5.74) is 1.45. The van der Waals surface area contributed by atoms with Crippen LogP contribution in [0.3, 0.4) is 0 Å². The number of benzene rings is 1. The zero-order valence-corrected chi connectivity index (χ0v) is 11.6. The molecule has 2 heterocycles. The number of imidazole rings is 1. The Morgan fingerprint density at radius 1 is 1.33 bits per heavy atom. The lowest BCUT2D eigenvalue weighted by Gasteiger charge is -1.98. The predicted octanol–water partition coefficient (Wildman–Crippen LogP) is 4.14. The van der Waals surface area contributed by atoms with E-state index >= 15 is 0 Å².